The lowest BCUT2D eigenvalue weighted by Gasteiger charge is -2.18. The maximum absolute atomic E-state index is 13.1. The van der Waals surface area contributed by atoms with E-state index >= 15 is 0 Å². The molecule has 1 unspecified atom stereocenters. The van der Waals surface area contributed by atoms with E-state index in [-0.39, 0.29) is 18.0 Å². The summed E-state index contributed by atoms with van der Waals surface area (Å²) in [5, 5.41) is 0. The molecule has 16 heavy (non-hydrogen) atoms. The molecule has 1 fully saturated rings. The van der Waals surface area contributed by atoms with Crippen molar-refractivity contribution in [3.63, 3.8) is 0 Å². The third-order valence-corrected chi connectivity index (χ3v) is 3.06. The molecule has 2 nitrogen and oxygen atoms in total. The molecule has 1 atom stereocenters. The SMILES string of the molecule is CC(N)c1cc(F)ccc1OC1CCCC1. The van der Waals surface area contributed by atoms with Gasteiger partial charge in [0, 0.05) is 11.6 Å². The predicted octanol–water partition coefficient (Wildman–Crippen LogP) is 3.17. The highest BCUT2D eigenvalue weighted by Crippen LogP contribution is 2.29. The van der Waals surface area contributed by atoms with Gasteiger partial charge in [0.15, 0.2) is 0 Å². The van der Waals surface area contributed by atoms with Gasteiger partial charge in [-0.05, 0) is 50.8 Å². The Morgan fingerprint density at radius 3 is 2.69 bits per heavy atom. The number of benzene rings is 1. The van der Waals surface area contributed by atoms with E-state index in [0.717, 1.165) is 24.2 Å². The van der Waals surface area contributed by atoms with Crippen molar-refractivity contribution >= 4 is 0 Å². The minimum Gasteiger partial charge on any atom is -0.490 e. The molecule has 0 aliphatic heterocycles. The highest BCUT2D eigenvalue weighted by atomic mass is 19.1. The molecule has 2 N–H and O–H groups in total. The van der Waals surface area contributed by atoms with Crippen LogP contribution < -0.4 is 10.5 Å². The van der Waals surface area contributed by atoms with Crippen LogP contribution >= 0.6 is 0 Å². The van der Waals surface area contributed by atoms with Crippen LogP contribution in [0.15, 0.2) is 18.2 Å². The minimum atomic E-state index is -0.258. The lowest BCUT2D eigenvalue weighted by molar-refractivity contribution is 0.207. The lowest BCUT2D eigenvalue weighted by Crippen LogP contribution is -2.15. The number of ether oxygens (including phenoxy) is 1. The minimum absolute atomic E-state index is 0.202. The highest BCUT2D eigenvalue weighted by molar-refractivity contribution is 5.36. The van der Waals surface area contributed by atoms with Crippen molar-refractivity contribution in [3.8, 4) is 5.75 Å². The third kappa shape index (κ3) is 2.53. The van der Waals surface area contributed by atoms with Crippen LogP contribution in [0.4, 0.5) is 4.39 Å². The van der Waals surface area contributed by atoms with Crippen LogP contribution in [0.3, 0.4) is 0 Å². The summed E-state index contributed by atoms with van der Waals surface area (Å²) in [4.78, 5) is 0. The lowest BCUT2D eigenvalue weighted by atomic mass is 10.1. The fourth-order valence-electron chi connectivity index (χ4n) is 2.17. The Morgan fingerprint density at radius 2 is 2.06 bits per heavy atom. The molecule has 0 radical (unpaired) electrons. The van der Waals surface area contributed by atoms with Crippen LogP contribution in [0.5, 0.6) is 5.75 Å². The molecule has 0 spiro atoms. The van der Waals surface area contributed by atoms with E-state index in [9.17, 15) is 4.39 Å². The molecular weight excluding hydrogens is 205 g/mol. The van der Waals surface area contributed by atoms with Gasteiger partial charge in [0.2, 0.25) is 0 Å². The molecule has 88 valence electrons. The molecule has 1 saturated carbocycles. The zero-order chi connectivity index (χ0) is 11.5. The molecule has 1 aliphatic carbocycles. The molecule has 0 saturated heterocycles. The zero-order valence-electron chi connectivity index (χ0n) is 9.58. The van der Waals surface area contributed by atoms with Crippen molar-refractivity contribution in [2.45, 2.75) is 44.8 Å². The van der Waals surface area contributed by atoms with E-state index in [1.54, 1.807) is 6.07 Å². The largest absolute Gasteiger partial charge is 0.490 e. The van der Waals surface area contributed by atoms with Crippen LogP contribution in [0.25, 0.3) is 0 Å². The average molecular weight is 223 g/mol. The molecule has 0 bridgehead atoms. The van der Waals surface area contributed by atoms with E-state index in [2.05, 4.69) is 0 Å². The van der Waals surface area contributed by atoms with Gasteiger partial charge in [0.25, 0.3) is 0 Å². The summed E-state index contributed by atoms with van der Waals surface area (Å²) < 4.78 is 19.0. The Bertz CT molecular complexity index is 359. The first-order valence-corrected chi connectivity index (χ1v) is 5.88. The molecular formula is C13H18FNO. The van der Waals surface area contributed by atoms with Crippen molar-refractivity contribution in [1.82, 2.24) is 0 Å². The van der Waals surface area contributed by atoms with Crippen molar-refractivity contribution in [2.75, 3.05) is 0 Å². The van der Waals surface area contributed by atoms with Gasteiger partial charge in [-0.15, -0.1) is 0 Å². The Hall–Kier alpha value is -1.09. The Labute approximate surface area is 95.6 Å². The van der Waals surface area contributed by atoms with Gasteiger partial charge in [0.1, 0.15) is 11.6 Å². The summed E-state index contributed by atoms with van der Waals surface area (Å²) in [6.07, 6.45) is 4.91. The second kappa shape index (κ2) is 4.83. The number of rotatable bonds is 3. The molecule has 0 aromatic heterocycles. The summed E-state index contributed by atoms with van der Waals surface area (Å²) in [6, 6.07) is 4.38. The van der Waals surface area contributed by atoms with Crippen molar-refractivity contribution in [1.29, 1.82) is 0 Å². The second-order valence-corrected chi connectivity index (χ2v) is 4.50. The normalized spacial score (nSPS) is 18.7. The molecule has 1 aliphatic rings. The van der Waals surface area contributed by atoms with Gasteiger partial charge in [-0.2, -0.15) is 0 Å². The van der Waals surface area contributed by atoms with Crippen LogP contribution in [0.1, 0.15) is 44.2 Å². The molecule has 2 rings (SSSR count). The van der Waals surface area contributed by atoms with E-state index in [1.165, 1.54) is 25.0 Å². The maximum atomic E-state index is 13.1. The summed E-state index contributed by atoms with van der Waals surface area (Å²) in [7, 11) is 0. The first kappa shape index (κ1) is 11.4. The standard InChI is InChI=1S/C13H18FNO/c1-9(15)12-8-10(14)6-7-13(12)16-11-4-2-3-5-11/h6-9,11H,2-5,15H2,1H3. The second-order valence-electron chi connectivity index (χ2n) is 4.50. The zero-order valence-corrected chi connectivity index (χ0v) is 9.58. The van der Waals surface area contributed by atoms with E-state index < -0.39 is 0 Å². The van der Waals surface area contributed by atoms with Crippen molar-refractivity contribution in [3.05, 3.63) is 29.6 Å². The van der Waals surface area contributed by atoms with Gasteiger partial charge < -0.3 is 10.5 Å². The van der Waals surface area contributed by atoms with E-state index in [0.29, 0.717) is 0 Å². The smallest absolute Gasteiger partial charge is 0.124 e. The van der Waals surface area contributed by atoms with Gasteiger partial charge in [0.05, 0.1) is 6.10 Å². The fourth-order valence-corrected chi connectivity index (χ4v) is 2.17. The molecule has 1 aromatic rings. The van der Waals surface area contributed by atoms with E-state index in [4.69, 9.17) is 10.5 Å². The van der Waals surface area contributed by atoms with Gasteiger partial charge in [-0.3, -0.25) is 0 Å². The van der Waals surface area contributed by atoms with Gasteiger partial charge >= 0.3 is 0 Å². The van der Waals surface area contributed by atoms with Gasteiger partial charge in [-0.1, -0.05) is 0 Å². The monoisotopic (exact) mass is 223 g/mol. The van der Waals surface area contributed by atoms with Crippen molar-refractivity contribution in [2.24, 2.45) is 5.73 Å². The predicted molar refractivity (Wildman–Crippen MR) is 61.9 cm³/mol. The summed E-state index contributed by atoms with van der Waals surface area (Å²) >= 11 is 0. The van der Waals surface area contributed by atoms with Crippen LogP contribution in [-0.4, -0.2) is 6.10 Å². The van der Waals surface area contributed by atoms with Crippen LogP contribution in [0, 0.1) is 5.82 Å². The Balaban J connectivity index is 2.18. The summed E-state index contributed by atoms with van der Waals surface area (Å²) in [5.74, 6) is 0.481. The summed E-state index contributed by atoms with van der Waals surface area (Å²) in [5.41, 5.74) is 6.57. The number of halogens is 1. The maximum Gasteiger partial charge on any atom is 0.124 e. The molecule has 0 heterocycles. The summed E-state index contributed by atoms with van der Waals surface area (Å²) in [6.45, 7) is 1.84. The van der Waals surface area contributed by atoms with Crippen LogP contribution in [-0.2, 0) is 0 Å². The van der Waals surface area contributed by atoms with Crippen LogP contribution in [0.2, 0.25) is 0 Å². The first-order chi connectivity index (χ1) is 7.66. The molecule has 0 amide bonds. The Kier molecular flexibility index (Phi) is 3.44. The van der Waals surface area contributed by atoms with E-state index in [1.807, 2.05) is 6.92 Å². The quantitative estimate of drug-likeness (QED) is 0.854. The Morgan fingerprint density at radius 1 is 1.38 bits per heavy atom. The third-order valence-electron chi connectivity index (χ3n) is 3.06. The average Bonchev–Trinajstić information content (AvgIpc) is 2.73. The molecule has 1 aromatic carbocycles. The molecule has 3 heteroatoms. The number of hydrogen-bond acceptors (Lipinski definition) is 2. The first-order valence-electron chi connectivity index (χ1n) is 5.88. The van der Waals surface area contributed by atoms with Gasteiger partial charge in [-0.25, -0.2) is 4.39 Å². The fraction of sp³-hybridized carbons (Fsp3) is 0.538. The number of hydrogen-bond donors (Lipinski definition) is 1. The number of nitrogens with two attached hydrogens (primary N) is 1. The topological polar surface area (TPSA) is 35.2 Å². The van der Waals surface area contributed by atoms with Crippen molar-refractivity contribution < 1.29 is 9.13 Å². The highest BCUT2D eigenvalue weighted by Gasteiger charge is 2.19.